The van der Waals surface area contributed by atoms with E-state index < -0.39 is 5.82 Å². The van der Waals surface area contributed by atoms with Gasteiger partial charge in [-0.05, 0) is 48.9 Å². The molecule has 0 aliphatic rings. The summed E-state index contributed by atoms with van der Waals surface area (Å²) in [5, 5.41) is 3.29. The molecule has 0 bridgehead atoms. The molecule has 0 amide bonds. The molecular weight excluding hydrogens is 483 g/mol. The van der Waals surface area contributed by atoms with Crippen LogP contribution in [0.5, 0.6) is 0 Å². The molecule has 0 unspecified atom stereocenters. The van der Waals surface area contributed by atoms with E-state index in [-0.39, 0.29) is 5.41 Å². The van der Waals surface area contributed by atoms with Crippen LogP contribution in [0.2, 0.25) is 0 Å². The largest absolute Gasteiger partial charge is 0.398 e. The maximum absolute atomic E-state index is 15.1. The summed E-state index contributed by atoms with van der Waals surface area (Å²) in [6.07, 6.45) is 5.52. The van der Waals surface area contributed by atoms with Crippen molar-refractivity contribution < 1.29 is 4.39 Å². The predicted molar refractivity (Wildman–Crippen MR) is 151 cm³/mol. The monoisotopic (exact) mass is 512 g/mol. The Labute approximate surface area is 219 Å². The van der Waals surface area contributed by atoms with Gasteiger partial charge in [0.25, 0.3) is 0 Å². The van der Waals surface area contributed by atoms with Crippen LogP contribution in [0.4, 0.5) is 15.8 Å². The number of aromatic amines is 1. The van der Waals surface area contributed by atoms with E-state index in [4.69, 9.17) is 10.7 Å². The number of hydrogen-bond donors (Lipinski definition) is 3. The van der Waals surface area contributed by atoms with Crippen molar-refractivity contribution in [3.05, 3.63) is 89.3 Å². The number of halogens is 1. The fourth-order valence-corrected chi connectivity index (χ4v) is 4.93. The van der Waals surface area contributed by atoms with Gasteiger partial charge < -0.3 is 16.0 Å². The third kappa shape index (κ3) is 5.11. The first kappa shape index (κ1) is 24.6. The minimum absolute atomic E-state index is 0.126. The molecule has 0 saturated carbocycles. The lowest BCUT2D eigenvalue weighted by atomic mass is 9.93. The molecular formula is C29H29FN6S. The van der Waals surface area contributed by atoms with Crippen LogP contribution in [-0.4, -0.2) is 19.9 Å². The van der Waals surface area contributed by atoms with Crippen LogP contribution < -0.4 is 11.1 Å². The van der Waals surface area contributed by atoms with Gasteiger partial charge >= 0.3 is 0 Å². The zero-order chi connectivity index (χ0) is 26.3. The number of rotatable bonds is 6. The summed E-state index contributed by atoms with van der Waals surface area (Å²) in [7, 11) is 0. The Balaban J connectivity index is 1.48. The second kappa shape index (κ2) is 9.44. The first-order valence-corrected chi connectivity index (χ1v) is 12.8. The van der Waals surface area contributed by atoms with Gasteiger partial charge in [0, 0.05) is 62.1 Å². The van der Waals surface area contributed by atoms with Crippen molar-refractivity contribution in [1.82, 2.24) is 19.9 Å². The standard InChI is InChI=1S/C29H29FN6S/c1-16-6-7-25(37-16)21-8-9-33-28-27(21)35-26(36-28)12-18-11-22(23(30)13-24(18)31)19-10-20(15-32-14-19)34-17(2)29(3,4)5/h6-11,13-15,34H,2,12,31H2,1,3-5H3,(H,33,35,36). The Morgan fingerprint density at radius 2 is 1.95 bits per heavy atom. The number of nitrogens with one attached hydrogen (secondary N) is 2. The second-order valence-electron chi connectivity index (χ2n) is 10.2. The van der Waals surface area contributed by atoms with Gasteiger partial charge in [-0.1, -0.05) is 27.4 Å². The Morgan fingerprint density at radius 3 is 2.68 bits per heavy atom. The Kier molecular flexibility index (Phi) is 6.29. The van der Waals surface area contributed by atoms with E-state index in [1.165, 1.54) is 10.9 Å². The van der Waals surface area contributed by atoms with Gasteiger partial charge in [-0.25, -0.2) is 14.4 Å². The fourth-order valence-electron chi connectivity index (χ4n) is 4.03. The third-order valence-corrected chi connectivity index (χ3v) is 7.32. The molecule has 4 N–H and O–H groups in total. The van der Waals surface area contributed by atoms with E-state index in [2.05, 4.69) is 66.7 Å². The summed E-state index contributed by atoms with van der Waals surface area (Å²) in [6, 6.07) is 11.2. The van der Waals surface area contributed by atoms with Gasteiger partial charge in [0.05, 0.1) is 17.4 Å². The number of aromatic nitrogens is 4. The van der Waals surface area contributed by atoms with Crippen molar-refractivity contribution in [1.29, 1.82) is 0 Å². The molecule has 188 valence electrons. The molecule has 4 heterocycles. The normalized spacial score (nSPS) is 11.7. The minimum Gasteiger partial charge on any atom is -0.398 e. The lowest BCUT2D eigenvalue weighted by Gasteiger charge is -2.23. The maximum Gasteiger partial charge on any atom is 0.178 e. The first-order chi connectivity index (χ1) is 17.6. The van der Waals surface area contributed by atoms with Crippen LogP contribution in [0.3, 0.4) is 0 Å². The summed E-state index contributed by atoms with van der Waals surface area (Å²) in [5.74, 6) is 0.305. The van der Waals surface area contributed by atoms with Gasteiger partial charge in [0.1, 0.15) is 11.6 Å². The molecule has 5 rings (SSSR count). The fraction of sp³-hybridized carbons (Fsp3) is 0.207. The van der Waals surface area contributed by atoms with Crippen molar-refractivity contribution in [2.75, 3.05) is 11.1 Å². The highest BCUT2D eigenvalue weighted by molar-refractivity contribution is 7.15. The average molecular weight is 513 g/mol. The van der Waals surface area contributed by atoms with Crippen molar-refractivity contribution in [2.24, 2.45) is 5.41 Å². The number of thiophene rings is 1. The Morgan fingerprint density at radius 1 is 1.14 bits per heavy atom. The lowest BCUT2D eigenvalue weighted by molar-refractivity contribution is 0.509. The highest BCUT2D eigenvalue weighted by atomic mass is 32.1. The highest BCUT2D eigenvalue weighted by Crippen LogP contribution is 2.34. The van der Waals surface area contributed by atoms with E-state index in [9.17, 15) is 0 Å². The van der Waals surface area contributed by atoms with Crippen molar-refractivity contribution in [3.8, 4) is 21.6 Å². The van der Waals surface area contributed by atoms with Crippen LogP contribution in [0.15, 0.2) is 67.3 Å². The lowest BCUT2D eigenvalue weighted by Crippen LogP contribution is -2.15. The third-order valence-electron chi connectivity index (χ3n) is 6.28. The molecule has 0 aliphatic heterocycles. The summed E-state index contributed by atoms with van der Waals surface area (Å²) in [4.78, 5) is 19.3. The van der Waals surface area contributed by atoms with Crippen molar-refractivity contribution in [3.63, 3.8) is 0 Å². The number of fused-ring (bicyclic) bond motifs is 1. The minimum atomic E-state index is -0.406. The number of nitrogens with two attached hydrogens (primary N) is 1. The topological polar surface area (TPSA) is 92.5 Å². The molecule has 0 spiro atoms. The van der Waals surface area contributed by atoms with Crippen molar-refractivity contribution >= 4 is 33.9 Å². The smallest absolute Gasteiger partial charge is 0.178 e. The van der Waals surface area contributed by atoms with E-state index in [1.807, 2.05) is 12.1 Å². The molecule has 4 aromatic heterocycles. The Hall–Kier alpha value is -4.04. The van der Waals surface area contributed by atoms with Crippen molar-refractivity contribution in [2.45, 2.75) is 34.1 Å². The number of nitrogen functional groups attached to an aromatic ring is 1. The molecule has 0 fully saturated rings. The predicted octanol–water partition coefficient (Wildman–Crippen LogP) is 7.34. The first-order valence-electron chi connectivity index (χ1n) is 12.0. The summed E-state index contributed by atoms with van der Waals surface area (Å²) in [5.41, 5.74) is 12.5. The van der Waals surface area contributed by atoms with Crippen LogP contribution in [0.25, 0.3) is 32.7 Å². The van der Waals surface area contributed by atoms with Gasteiger partial charge in [-0.15, -0.1) is 11.3 Å². The zero-order valence-electron chi connectivity index (χ0n) is 21.3. The van der Waals surface area contributed by atoms with E-state index in [0.717, 1.165) is 32.9 Å². The van der Waals surface area contributed by atoms with Gasteiger partial charge in [-0.2, -0.15) is 0 Å². The molecule has 37 heavy (non-hydrogen) atoms. The Bertz CT molecular complexity index is 1630. The molecule has 5 aromatic rings. The number of pyridine rings is 2. The van der Waals surface area contributed by atoms with Gasteiger partial charge in [0.15, 0.2) is 5.65 Å². The number of aryl methyl sites for hydroxylation is 1. The van der Waals surface area contributed by atoms with Crippen LogP contribution >= 0.6 is 11.3 Å². The number of imidazole rings is 1. The average Bonchev–Trinajstić information content (AvgIpc) is 3.45. The SMILES string of the molecule is C=C(Nc1cncc(-c2cc(Cc3nc4nccc(-c5ccc(C)s5)c4[nH]3)c(N)cc2F)c1)C(C)(C)C. The summed E-state index contributed by atoms with van der Waals surface area (Å²) >= 11 is 1.72. The number of hydrogen-bond acceptors (Lipinski definition) is 6. The number of H-pyrrole nitrogens is 1. The molecule has 8 heteroatoms. The number of allylic oxidation sites excluding steroid dienone is 1. The van der Waals surface area contributed by atoms with E-state index in [1.54, 1.807) is 36.0 Å². The maximum atomic E-state index is 15.1. The molecule has 0 radical (unpaired) electrons. The molecule has 1 aromatic carbocycles. The molecule has 0 atom stereocenters. The molecule has 6 nitrogen and oxygen atoms in total. The summed E-state index contributed by atoms with van der Waals surface area (Å²) < 4.78 is 15.1. The number of benzene rings is 1. The quantitative estimate of drug-likeness (QED) is 0.207. The van der Waals surface area contributed by atoms with E-state index >= 15 is 4.39 Å². The van der Waals surface area contributed by atoms with Gasteiger partial charge in [-0.3, -0.25) is 4.98 Å². The number of anilines is 2. The summed E-state index contributed by atoms with van der Waals surface area (Å²) in [6.45, 7) is 12.4. The van der Waals surface area contributed by atoms with Crippen LogP contribution in [0.1, 0.15) is 37.0 Å². The molecule has 0 saturated heterocycles. The molecule has 0 aliphatic carbocycles. The van der Waals surface area contributed by atoms with Gasteiger partial charge in [0.2, 0.25) is 0 Å². The van der Waals surface area contributed by atoms with Crippen LogP contribution in [0, 0.1) is 18.2 Å². The van der Waals surface area contributed by atoms with E-state index in [0.29, 0.717) is 34.7 Å². The zero-order valence-corrected chi connectivity index (χ0v) is 22.1. The van der Waals surface area contributed by atoms with Crippen LogP contribution in [-0.2, 0) is 6.42 Å². The second-order valence-corrected chi connectivity index (χ2v) is 11.5. The number of nitrogens with zero attached hydrogens (tertiary/aromatic N) is 3. The highest BCUT2D eigenvalue weighted by Gasteiger charge is 2.17.